The standard InChI is InChI=1S/C10H7I2N3/c11-7-5-13-10(14-6-7)15-9-4-2-1-3-8(9)12/h1-6H,(H,13,14,15). The minimum absolute atomic E-state index is 0.625. The van der Waals surface area contributed by atoms with E-state index < -0.39 is 0 Å². The second-order valence-corrected chi connectivity index (χ2v) is 5.24. The summed E-state index contributed by atoms with van der Waals surface area (Å²) in [5.74, 6) is 0.625. The van der Waals surface area contributed by atoms with Crippen LogP contribution in [0.5, 0.6) is 0 Å². The Balaban J connectivity index is 2.22. The van der Waals surface area contributed by atoms with Crippen LogP contribution in [-0.2, 0) is 0 Å². The van der Waals surface area contributed by atoms with Crippen LogP contribution in [-0.4, -0.2) is 9.97 Å². The molecule has 0 aliphatic carbocycles. The highest BCUT2D eigenvalue weighted by atomic mass is 127. The monoisotopic (exact) mass is 423 g/mol. The van der Waals surface area contributed by atoms with E-state index in [1.165, 1.54) is 0 Å². The lowest BCUT2D eigenvalue weighted by Gasteiger charge is -2.05. The van der Waals surface area contributed by atoms with E-state index in [2.05, 4.69) is 60.5 Å². The molecule has 3 nitrogen and oxygen atoms in total. The fraction of sp³-hybridized carbons (Fsp3) is 0. The maximum atomic E-state index is 4.18. The third-order valence-corrected chi connectivity index (χ3v) is 3.24. The van der Waals surface area contributed by atoms with Gasteiger partial charge in [0.1, 0.15) is 0 Å². The maximum absolute atomic E-state index is 4.18. The van der Waals surface area contributed by atoms with Gasteiger partial charge in [-0.1, -0.05) is 12.1 Å². The van der Waals surface area contributed by atoms with Crippen molar-refractivity contribution in [1.82, 2.24) is 9.97 Å². The Kier molecular flexibility index (Phi) is 3.73. The minimum Gasteiger partial charge on any atom is -0.323 e. The van der Waals surface area contributed by atoms with Crippen molar-refractivity contribution >= 4 is 56.8 Å². The first-order valence-corrected chi connectivity index (χ1v) is 6.40. The van der Waals surface area contributed by atoms with E-state index in [1.54, 1.807) is 12.4 Å². The van der Waals surface area contributed by atoms with Crippen molar-refractivity contribution in [3.8, 4) is 0 Å². The van der Waals surface area contributed by atoms with Crippen molar-refractivity contribution in [3.63, 3.8) is 0 Å². The predicted molar refractivity (Wildman–Crippen MR) is 77.2 cm³/mol. The molecule has 0 atom stereocenters. The summed E-state index contributed by atoms with van der Waals surface area (Å²) in [5.41, 5.74) is 1.03. The summed E-state index contributed by atoms with van der Waals surface area (Å²) in [5, 5.41) is 3.17. The van der Waals surface area contributed by atoms with Crippen LogP contribution in [0.3, 0.4) is 0 Å². The summed E-state index contributed by atoms with van der Waals surface area (Å²) in [7, 11) is 0. The fourth-order valence-corrected chi connectivity index (χ4v) is 1.86. The summed E-state index contributed by atoms with van der Waals surface area (Å²) in [6, 6.07) is 8.03. The molecule has 76 valence electrons. The van der Waals surface area contributed by atoms with Gasteiger partial charge in [0, 0.05) is 19.5 Å². The Labute approximate surface area is 115 Å². The number of hydrogen-bond donors (Lipinski definition) is 1. The summed E-state index contributed by atoms with van der Waals surface area (Å²) >= 11 is 4.45. The van der Waals surface area contributed by atoms with Crippen molar-refractivity contribution < 1.29 is 0 Å². The molecule has 1 heterocycles. The van der Waals surface area contributed by atoms with Gasteiger partial charge in [-0.25, -0.2) is 9.97 Å². The molecule has 2 rings (SSSR count). The summed E-state index contributed by atoms with van der Waals surface area (Å²) < 4.78 is 2.18. The zero-order valence-electron chi connectivity index (χ0n) is 7.61. The van der Waals surface area contributed by atoms with Crippen LogP contribution in [0.15, 0.2) is 36.7 Å². The van der Waals surface area contributed by atoms with E-state index in [-0.39, 0.29) is 0 Å². The second kappa shape index (κ2) is 5.06. The lowest BCUT2D eigenvalue weighted by molar-refractivity contribution is 1.15. The molecule has 0 saturated carbocycles. The van der Waals surface area contributed by atoms with Gasteiger partial charge in [0.25, 0.3) is 0 Å². The molecule has 0 spiro atoms. The third-order valence-electron chi connectivity index (χ3n) is 1.74. The molecule has 0 radical (unpaired) electrons. The largest absolute Gasteiger partial charge is 0.323 e. The molecule has 0 unspecified atom stereocenters. The molecule has 1 N–H and O–H groups in total. The van der Waals surface area contributed by atoms with Gasteiger partial charge < -0.3 is 5.32 Å². The number of anilines is 2. The summed E-state index contributed by atoms with van der Waals surface area (Å²) in [6.07, 6.45) is 3.57. The minimum atomic E-state index is 0.625. The molecule has 1 aromatic heterocycles. The van der Waals surface area contributed by atoms with Crippen molar-refractivity contribution in [2.24, 2.45) is 0 Å². The number of halogens is 2. The van der Waals surface area contributed by atoms with Crippen molar-refractivity contribution in [3.05, 3.63) is 43.8 Å². The normalized spacial score (nSPS) is 10.0. The molecule has 0 aliphatic rings. The van der Waals surface area contributed by atoms with Gasteiger partial charge in [-0.3, -0.25) is 0 Å². The molecule has 2 aromatic rings. The first-order chi connectivity index (χ1) is 7.25. The quantitative estimate of drug-likeness (QED) is 0.753. The van der Waals surface area contributed by atoms with Crippen molar-refractivity contribution in [2.75, 3.05) is 5.32 Å². The van der Waals surface area contributed by atoms with Crippen LogP contribution >= 0.6 is 45.2 Å². The second-order valence-electron chi connectivity index (χ2n) is 2.83. The lowest BCUT2D eigenvalue weighted by atomic mass is 10.3. The average molecular weight is 423 g/mol. The van der Waals surface area contributed by atoms with E-state index in [0.717, 1.165) is 12.8 Å². The van der Waals surface area contributed by atoms with Gasteiger partial charge in [0.05, 0.1) is 5.69 Å². The average Bonchev–Trinajstić information content (AvgIpc) is 2.25. The van der Waals surface area contributed by atoms with Crippen molar-refractivity contribution in [2.45, 2.75) is 0 Å². The summed E-state index contributed by atoms with van der Waals surface area (Å²) in [4.78, 5) is 8.36. The van der Waals surface area contributed by atoms with Crippen LogP contribution in [0, 0.1) is 7.14 Å². The zero-order chi connectivity index (χ0) is 10.7. The van der Waals surface area contributed by atoms with E-state index in [0.29, 0.717) is 5.95 Å². The van der Waals surface area contributed by atoms with Gasteiger partial charge in [-0.05, 0) is 57.3 Å². The molecule has 15 heavy (non-hydrogen) atoms. The van der Waals surface area contributed by atoms with Gasteiger partial charge in [-0.15, -0.1) is 0 Å². The fourth-order valence-electron chi connectivity index (χ4n) is 1.06. The molecule has 0 saturated heterocycles. The molecule has 0 aliphatic heterocycles. The zero-order valence-corrected chi connectivity index (χ0v) is 11.9. The molecule has 0 fully saturated rings. The Morgan fingerprint density at radius 2 is 1.67 bits per heavy atom. The van der Waals surface area contributed by atoms with Crippen LogP contribution in [0.4, 0.5) is 11.6 Å². The van der Waals surface area contributed by atoms with Gasteiger partial charge in [0.2, 0.25) is 5.95 Å². The Bertz CT molecular complexity index is 456. The highest BCUT2D eigenvalue weighted by molar-refractivity contribution is 14.1. The molecular formula is C10H7I2N3. The predicted octanol–water partition coefficient (Wildman–Crippen LogP) is 3.43. The van der Waals surface area contributed by atoms with Crippen LogP contribution < -0.4 is 5.32 Å². The molecule has 0 bridgehead atoms. The highest BCUT2D eigenvalue weighted by Gasteiger charge is 2.00. The van der Waals surface area contributed by atoms with Crippen LogP contribution in [0.2, 0.25) is 0 Å². The first kappa shape index (κ1) is 11.1. The van der Waals surface area contributed by atoms with Gasteiger partial charge in [-0.2, -0.15) is 0 Å². The molecule has 1 aromatic carbocycles. The first-order valence-electron chi connectivity index (χ1n) is 4.25. The number of benzene rings is 1. The smallest absolute Gasteiger partial charge is 0.227 e. The number of nitrogens with zero attached hydrogens (tertiary/aromatic N) is 2. The van der Waals surface area contributed by atoms with E-state index >= 15 is 0 Å². The van der Waals surface area contributed by atoms with Gasteiger partial charge >= 0.3 is 0 Å². The molecule has 0 amide bonds. The third kappa shape index (κ3) is 3.00. The Morgan fingerprint density at radius 3 is 2.33 bits per heavy atom. The number of para-hydroxylation sites is 1. The van der Waals surface area contributed by atoms with Crippen LogP contribution in [0.1, 0.15) is 0 Å². The molecule has 5 heteroatoms. The number of nitrogens with one attached hydrogen (secondary N) is 1. The number of hydrogen-bond acceptors (Lipinski definition) is 3. The number of aromatic nitrogens is 2. The number of rotatable bonds is 2. The Morgan fingerprint density at radius 1 is 1.00 bits per heavy atom. The Hall–Kier alpha value is -0.440. The molecular weight excluding hydrogens is 416 g/mol. The van der Waals surface area contributed by atoms with E-state index in [1.807, 2.05) is 24.3 Å². The summed E-state index contributed by atoms with van der Waals surface area (Å²) in [6.45, 7) is 0. The topological polar surface area (TPSA) is 37.8 Å². The van der Waals surface area contributed by atoms with Crippen molar-refractivity contribution in [1.29, 1.82) is 0 Å². The lowest BCUT2D eigenvalue weighted by Crippen LogP contribution is -1.98. The highest BCUT2D eigenvalue weighted by Crippen LogP contribution is 2.19. The SMILES string of the molecule is Ic1cnc(Nc2ccccc2I)nc1. The van der Waals surface area contributed by atoms with E-state index in [9.17, 15) is 0 Å². The van der Waals surface area contributed by atoms with E-state index in [4.69, 9.17) is 0 Å². The maximum Gasteiger partial charge on any atom is 0.227 e. The van der Waals surface area contributed by atoms with Crippen LogP contribution in [0.25, 0.3) is 0 Å². The van der Waals surface area contributed by atoms with Gasteiger partial charge in [0.15, 0.2) is 0 Å².